The molecule has 3 N–H and O–H groups in total. The molecule has 0 aliphatic heterocycles. The van der Waals surface area contributed by atoms with Crippen molar-refractivity contribution in [3.05, 3.63) is 12.2 Å². The van der Waals surface area contributed by atoms with E-state index in [1.807, 2.05) is 6.92 Å². The predicted octanol–water partition coefficient (Wildman–Crippen LogP) is 0.183. The van der Waals surface area contributed by atoms with E-state index >= 15 is 0 Å². The Balaban J connectivity index is 2.29. The number of hydrogen-bond acceptors (Lipinski definition) is 3. The summed E-state index contributed by atoms with van der Waals surface area (Å²) in [5.74, 6) is 0.951. The number of aromatic amines is 1. The van der Waals surface area contributed by atoms with Crippen LogP contribution < -0.4 is 5.73 Å². The van der Waals surface area contributed by atoms with E-state index in [2.05, 4.69) is 15.2 Å². The molecule has 1 aliphatic carbocycles. The fourth-order valence-electron chi connectivity index (χ4n) is 1.49. The first-order chi connectivity index (χ1) is 5.26. The molecule has 4 nitrogen and oxygen atoms in total. The van der Waals surface area contributed by atoms with Gasteiger partial charge in [-0.15, -0.1) is 0 Å². The first-order valence-electron chi connectivity index (χ1n) is 3.87. The first kappa shape index (κ1) is 6.79. The van der Waals surface area contributed by atoms with Crippen LogP contribution in [0.5, 0.6) is 0 Å². The van der Waals surface area contributed by atoms with Gasteiger partial charge < -0.3 is 5.73 Å². The third-order valence-corrected chi connectivity index (χ3v) is 2.55. The van der Waals surface area contributed by atoms with Crippen LogP contribution in [0.2, 0.25) is 0 Å². The molecular weight excluding hydrogens is 140 g/mol. The van der Waals surface area contributed by atoms with Gasteiger partial charge in [0, 0.05) is 11.5 Å². The lowest BCUT2D eigenvalue weighted by Crippen LogP contribution is -2.32. The van der Waals surface area contributed by atoms with Gasteiger partial charge in [-0.1, -0.05) is 0 Å². The number of nitrogens with zero attached hydrogens (tertiary/aromatic N) is 2. The van der Waals surface area contributed by atoms with Gasteiger partial charge in [0.05, 0.1) is 0 Å². The van der Waals surface area contributed by atoms with Crippen LogP contribution in [-0.4, -0.2) is 21.2 Å². The Morgan fingerprint density at radius 3 is 2.82 bits per heavy atom. The Morgan fingerprint density at radius 1 is 1.73 bits per heavy atom. The van der Waals surface area contributed by atoms with E-state index in [4.69, 9.17) is 5.73 Å². The summed E-state index contributed by atoms with van der Waals surface area (Å²) < 4.78 is 0. The smallest absolute Gasteiger partial charge is 0.137 e. The van der Waals surface area contributed by atoms with Gasteiger partial charge in [-0.05, 0) is 19.8 Å². The fraction of sp³-hybridized carbons (Fsp3) is 0.714. The van der Waals surface area contributed by atoms with Gasteiger partial charge in [-0.25, -0.2) is 4.98 Å². The van der Waals surface area contributed by atoms with Gasteiger partial charge in [0.15, 0.2) is 0 Å². The van der Waals surface area contributed by atoms with Crippen LogP contribution in [0.1, 0.15) is 25.6 Å². The van der Waals surface area contributed by atoms with E-state index in [9.17, 15) is 0 Å². The highest BCUT2D eigenvalue weighted by Crippen LogP contribution is 2.48. The summed E-state index contributed by atoms with van der Waals surface area (Å²) in [5, 5.41) is 6.70. The Bertz CT molecular complexity index is 235. The Labute approximate surface area is 65.2 Å². The molecule has 1 unspecified atom stereocenters. The lowest BCUT2D eigenvalue weighted by atomic mass is 9.98. The van der Waals surface area contributed by atoms with Gasteiger partial charge >= 0.3 is 0 Å². The number of hydrogen-bond donors (Lipinski definition) is 2. The van der Waals surface area contributed by atoms with Crippen LogP contribution in [0.4, 0.5) is 0 Å². The molecule has 0 spiro atoms. The number of nitrogens with one attached hydrogen (secondary N) is 1. The third-order valence-electron chi connectivity index (χ3n) is 2.55. The number of nitrogens with two attached hydrogens (primary N) is 1. The van der Waals surface area contributed by atoms with Crippen LogP contribution in [0.15, 0.2) is 6.33 Å². The normalized spacial score (nSPS) is 23.1. The van der Waals surface area contributed by atoms with Crippen molar-refractivity contribution in [2.45, 2.75) is 31.2 Å². The summed E-state index contributed by atoms with van der Waals surface area (Å²) in [6, 6.07) is 0.176. The van der Waals surface area contributed by atoms with E-state index in [-0.39, 0.29) is 11.5 Å². The highest BCUT2D eigenvalue weighted by atomic mass is 15.2. The van der Waals surface area contributed by atoms with Crippen LogP contribution in [-0.2, 0) is 5.41 Å². The van der Waals surface area contributed by atoms with E-state index in [0.29, 0.717) is 0 Å². The quantitative estimate of drug-likeness (QED) is 0.635. The zero-order chi connectivity index (χ0) is 7.90. The molecule has 0 aromatic carbocycles. The molecule has 0 saturated heterocycles. The molecule has 11 heavy (non-hydrogen) atoms. The largest absolute Gasteiger partial charge is 0.327 e. The molecule has 1 aromatic heterocycles. The SMILES string of the molecule is CC(N)C1(c2ncn[nH]2)CC1. The lowest BCUT2D eigenvalue weighted by Gasteiger charge is -2.15. The maximum Gasteiger partial charge on any atom is 0.137 e. The van der Waals surface area contributed by atoms with Crippen molar-refractivity contribution < 1.29 is 0 Å². The van der Waals surface area contributed by atoms with Crippen molar-refractivity contribution in [1.29, 1.82) is 0 Å². The Hall–Kier alpha value is -0.900. The van der Waals surface area contributed by atoms with Crippen LogP contribution in [0.3, 0.4) is 0 Å². The average molecular weight is 152 g/mol. The highest BCUT2D eigenvalue weighted by Gasteiger charge is 2.49. The molecule has 1 saturated carbocycles. The maximum absolute atomic E-state index is 5.84. The molecule has 1 atom stereocenters. The van der Waals surface area contributed by atoms with Gasteiger partial charge in [0.1, 0.15) is 12.2 Å². The molecular formula is C7H12N4. The molecule has 4 heteroatoms. The topological polar surface area (TPSA) is 67.6 Å². The van der Waals surface area contributed by atoms with E-state index < -0.39 is 0 Å². The minimum atomic E-state index is 0.122. The second-order valence-electron chi connectivity index (χ2n) is 3.28. The maximum atomic E-state index is 5.84. The van der Waals surface area contributed by atoms with Crippen molar-refractivity contribution >= 4 is 0 Å². The number of H-pyrrole nitrogens is 1. The predicted molar refractivity (Wildman–Crippen MR) is 40.9 cm³/mol. The van der Waals surface area contributed by atoms with E-state index in [0.717, 1.165) is 18.7 Å². The van der Waals surface area contributed by atoms with Crippen molar-refractivity contribution in [3.8, 4) is 0 Å². The first-order valence-corrected chi connectivity index (χ1v) is 3.87. The molecule has 0 radical (unpaired) electrons. The van der Waals surface area contributed by atoms with Crippen LogP contribution >= 0.6 is 0 Å². The fourth-order valence-corrected chi connectivity index (χ4v) is 1.49. The van der Waals surface area contributed by atoms with Crippen molar-refractivity contribution in [1.82, 2.24) is 15.2 Å². The summed E-state index contributed by atoms with van der Waals surface area (Å²) in [5.41, 5.74) is 5.96. The monoisotopic (exact) mass is 152 g/mol. The van der Waals surface area contributed by atoms with E-state index in [1.54, 1.807) is 0 Å². The Morgan fingerprint density at radius 2 is 2.45 bits per heavy atom. The van der Waals surface area contributed by atoms with Gasteiger partial charge in [-0.2, -0.15) is 5.10 Å². The highest BCUT2D eigenvalue weighted by molar-refractivity contribution is 5.20. The van der Waals surface area contributed by atoms with Crippen LogP contribution in [0, 0.1) is 0 Å². The summed E-state index contributed by atoms with van der Waals surface area (Å²) in [6.45, 7) is 2.02. The number of aromatic nitrogens is 3. The van der Waals surface area contributed by atoms with Crippen LogP contribution in [0.25, 0.3) is 0 Å². The van der Waals surface area contributed by atoms with Crippen molar-refractivity contribution in [2.75, 3.05) is 0 Å². The minimum absolute atomic E-state index is 0.122. The summed E-state index contributed by atoms with van der Waals surface area (Å²) in [4.78, 5) is 4.12. The van der Waals surface area contributed by atoms with E-state index in [1.165, 1.54) is 6.33 Å². The number of rotatable bonds is 2. The molecule has 0 amide bonds. The molecule has 1 aliphatic rings. The summed E-state index contributed by atoms with van der Waals surface area (Å²) in [7, 11) is 0. The average Bonchev–Trinajstić information content (AvgIpc) is 2.61. The zero-order valence-electron chi connectivity index (χ0n) is 6.54. The molecule has 0 bridgehead atoms. The van der Waals surface area contributed by atoms with Crippen molar-refractivity contribution in [3.63, 3.8) is 0 Å². The second-order valence-corrected chi connectivity index (χ2v) is 3.28. The van der Waals surface area contributed by atoms with Gasteiger partial charge in [-0.3, -0.25) is 5.10 Å². The zero-order valence-corrected chi connectivity index (χ0v) is 6.54. The summed E-state index contributed by atoms with van der Waals surface area (Å²) in [6.07, 6.45) is 3.82. The standard InChI is InChI=1S/C7H12N4/c1-5(8)7(2-3-7)6-9-4-10-11-6/h4-5H,2-3,8H2,1H3,(H,9,10,11). The molecule has 1 heterocycles. The second kappa shape index (κ2) is 2.04. The van der Waals surface area contributed by atoms with Gasteiger partial charge in [0.25, 0.3) is 0 Å². The van der Waals surface area contributed by atoms with Gasteiger partial charge in [0.2, 0.25) is 0 Å². The summed E-state index contributed by atoms with van der Waals surface area (Å²) >= 11 is 0. The minimum Gasteiger partial charge on any atom is -0.327 e. The Kier molecular flexibility index (Phi) is 1.26. The molecule has 1 fully saturated rings. The molecule has 1 aromatic rings. The molecule has 60 valence electrons. The van der Waals surface area contributed by atoms with Crippen molar-refractivity contribution in [2.24, 2.45) is 5.73 Å². The lowest BCUT2D eigenvalue weighted by molar-refractivity contribution is 0.527. The third kappa shape index (κ3) is 0.860. The molecule has 2 rings (SSSR count).